The number of fused-ring (bicyclic) bond motifs is 3. The van der Waals surface area contributed by atoms with Crippen molar-refractivity contribution < 1.29 is 12.6 Å². The van der Waals surface area contributed by atoms with Crippen LogP contribution in [0.3, 0.4) is 0 Å². The van der Waals surface area contributed by atoms with Gasteiger partial charge in [0.25, 0.3) is 0 Å². The predicted octanol–water partition coefficient (Wildman–Crippen LogP) is 2.12. The molecular formula is C17H15N3O3S2. The Balaban J connectivity index is 1.93. The molecule has 0 bridgehead atoms. The van der Waals surface area contributed by atoms with Crippen molar-refractivity contribution in [3.63, 3.8) is 0 Å². The lowest BCUT2D eigenvalue weighted by atomic mass is 10.1. The fourth-order valence-electron chi connectivity index (χ4n) is 3.04. The fraction of sp³-hybridized carbons (Fsp3) is 0.118. The third-order valence-corrected chi connectivity index (χ3v) is 6.58. The molecule has 1 aromatic heterocycles. The average Bonchev–Trinajstić information content (AvgIpc) is 2.91. The summed E-state index contributed by atoms with van der Waals surface area (Å²) in [5, 5.41) is 9.74. The van der Waals surface area contributed by atoms with Gasteiger partial charge in [-0.3, -0.25) is 4.21 Å². The molecule has 0 radical (unpaired) electrons. The van der Waals surface area contributed by atoms with Crippen molar-refractivity contribution in [2.75, 3.05) is 0 Å². The van der Waals surface area contributed by atoms with Crippen molar-refractivity contribution in [3.8, 4) is 16.9 Å². The molecular weight excluding hydrogens is 358 g/mol. The summed E-state index contributed by atoms with van der Waals surface area (Å²) in [6, 6.07) is 13.8. The van der Waals surface area contributed by atoms with E-state index in [0.29, 0.717) is 5.75 Å². The maximum atomic E-state index is 12.5. The molecule has 0 aliphatic carbocycles. The summed E-state index contributed by atoms with van der Waals surface area (Å²) in [6.07, 6.45) is 0. The van der Waals surface area contributed by atoms with Crippen LogP contribution >= 0.6 is 0 Å². The molecule has 2 aromatic carbocycles. The van der Waals surface area contributed by atoms with Crippen LogP contribution in [-0.4, -0.2) is 22.4 Å². The van der Waals surface area contributed by atoms with Gasteiger partial charge in [0.15, 0.2) is 0 Å². The van der Waals surface area contributed by atoms with E-state index in [4.69, 9.17) is 5.14 Å². The first-order chi connectivity index (χ1) is 11.9. The third kappa shape index (κ3) is 2.62. The van der Waals surface area contributed by atoms with Gasteiger partial charge in [-0.2, -0.15) is 5.10 Å². The standard InChI is InChI=1S/C17H15N3O3S2/c1-11-15-10-24(21)16-5-3-2-4-14(16)17(15)20(19-11)12-6-8-13(9-7-12)25(18,22)23/h2-9H,10H2,1H3,(H2,18,22,23). The second-order valence-corrected chi connectivity index (χ2v) is 8.83. The maximum Gasteiger partial charge on any atom is 0.238 e. The quantitative estimate of drug-likeness (QED) is 0.744. The van der Waals surface area contributed by atoms with Gasteiger partial charge in [0, 0.05) is 16.0 Å². The van der Waals surface area contributed by atoms with E-state index in [1.807, 2.05) is 31.2 Å². The number of nitrogens with zero attached hydrogens (tertiary/aromatic N) is 2. The lowest BCUT2D eigenvalue weighted by Gasteiger charge is -2.18. The molecule has 1 aliphatic heterocycles. The Labute approximate surface area is 147 Å². The van der Waals surface area contributed by atoms with E-state index in [-0.39, 0.29) is 4.90 Å². The Morgan fingerprint density at radius 2 is 1.80 bits per heavy atom. The highest BCUT2D eigenvalue weighted by Gasteiger charge is 2.28. The number of aryl methyl sites for hydroxylation is 1. The van der Waals surface area contributed by atoms with Crippen LogP contribution < -0.4 is 5.14 Å². The third-order valence-electron chi connectivity index (χ3n) is 4.26. The van der Waals surface area contributed by atoms with Crippen LogP contribution in [0.1, 0.15) is 11.3 Å². The Bertz CT molecular complexity index is 1120. The van der Waals surface area contributed by atoms with Gasteiger partial charge in [-0.15, -0.1) is 0 Å². The number of hydrogen-bond acceptors (Lipinski definition) is 4. The van der Waals surface area contributed by atoms with Gasteiger partial charge < -0.3 is 0 Å². The van der Waals surface area contributed by atoms with E-state index < -0.39 is 20.8 Å². The maximum absolute atomic E-state index is 12.5. The molecule has 0 saturated heterocycles. The molecule has 2 N–H and O–H groups in total. The van der Waals surface area contributed by atoms with Crippen molar-refractivity contribution in [1.82, 2.24) is 9.78 Å². The molecule has 2 heterocycles. The van der Waals surface area contributed by atoms with Crippen LogP contribution in [0.5, 0.6) is 0 Å². The van der Waals surface area contributed by atoms with Crippen molar-refractivity contribution in [3.05, 3.63) is 59.8 Å². The molecule has 8 heteroatoms. The molecule has 0 saturated carbocycles. The molecule has 0 amide bonds. The highest BCUT2D eigenvalue weighted by Crippen LogP contribution is 2.38. The lowest BCUT2D eigenvalue weighted by molar-refractivity contribution is 0.597. The monoisotopic (exact) mass is 373 g/mol. The van der Waals surface area contributed by atoms with E-state index in [1.54, 1.807) is 16.8 Å². The summed E-state index contributed by atoms with van der Waals surface area (Å²) in [6.45, 7) is 1.89. The zero-order valence-electron chi connectivity index (χ0n) is 13.3. The van der Waals surface area contributed by atoms with Crippen molar-refractivity contribution >= 4 is 20.8 Å². The van der Waals surface area contributed by atoms with Crippen LogP contribution in [0.2, 0.25) is 0 Å². The Kier molecular flexibility index (Phi) is 3.64. The number of primary sulfonamides is 1. The first kappa shape index (κ1) is 16.2. The largest absolute Gasteiger partial charge is 0.254 e. The molecule has 4 rings (SSSR count). The summed E-state index contributed by atoms with van der Waals surface area (Å²) in [5.41, 5.74) is 4.27. The topological polar surface area (TPSA) is 95.1 Å². The van der Waals surface area contributed by atoms with Crippen molar-refractivity contribution in [2.45, 2.75) is 22.5 Å². The van der Waals surface area contributed by atoms with E-state index >= 15 is 0 Å². The molecule has 128 valence electrons. The van der Waals surface area contributed by atoms with Gasteiger partial charge in [0.05, 0.1) is 38.5 Å². The highest BCUT2D eigenvalue weighted by molar-refractivity contribution is 7.89. The number of sulfonamides is 1. The minimum absolute atomic E-state index is 0.0514. The number of benzene rings is 2. The van der Waals surface area contributed by atoms with Crippen LogP contribution in [0.4, 0.5) is 0 Å². The number of hydrogen-bond donors (Lipinski definition) is 1. The lowest BCUT2D eigenvalue weighted by Crippen LogP contribution is -2.12. The predicted molar refractivity (Wildman–Crippen MR) is 95.2 cm³/mol. The fourth-order valence-corrected chi connectivity index (χ4v) is 4.96. The molecule has 0 fully saturated rings. The Hall–Kier alpha value is -2.29. The molecule has 1 aliphatic rings. The normalized spacial score (nSPS) is 16.3. The second-order valence-electron chi connectivity index (χ2n) is 5.85. The number of rotatable bonds is 2. The second kappa shape index (κ2) is 5.62. The van der Waals surface area contributed by atoms with Crippen LogP contribution in [-0.2, 0) is 26.6 Å². The summed E-state index contributed by atoms with van der Waals surface area (Å²) >= 11 is 0. The van der Waals surface area contributed by atoms with Gasteiger partial charge in [0.1, 0.15) is 0 Å². The van der Waals surface area contributed by atoms with Crippen molar-refractivity contribution in [2.24, 2.45) is 5.14 Å². The Morgan fingerprint density at radius 1 is 1.12 bits per heavy atom. The highest BCUT2D eigenvalue weighted by atomic mass is 32.2. The van der Waals surface area contributed by atoms with E-state index in [0.717, 1.165) is 33.1 Å². The molecule has 25 heavy (non-hydrogen) atoms. The smallest absolute Gasteiger partial charge is 0.238 e. The molecule has 0 spiro atoms. The van der Waals surface area contributed by atoms with Gasteiger partial charge in [0.2, 0.25) is 10.0 Å². The van der Waals surface area contributed by atoms with Gasteiger partial charge in [-0.1, -0.05) is 18.2 Å². The zero-order valence-corrected chi connectivity index (χ0v) is 15.0. The van der Waals surface area contributed by atoms with E-state index in [2.05, 4.69) is 5.10 Å². The molecule has 3 aromatic rings. The molecule has 1 atom stereocenters. The first-order valence-electron chi connectivity index (χ1n) is 7.56. The Morgan fingerprint density at radius 3 is 2.48 bits per heavy atom. The summed E-state index contributed by atoms with van der Waals surface area (Å²) in [4.78, 5) is 0.841. The van der Waals surface area contributed by atoms with Crippen LogP contribution in [0, 0.1) is 6.92 Å². The summed E-state index contributed by atoms with van der Waals surface area (Å²) in [5.74, 6) is 0.424. The first-order valence-corrected chi connectivity index (χ1v) is 10.4. The van der Waals surface area contributed by atoms with Crippen LogP contribution in [0.25, 0.3) is 16.9 Å². The summed E-state index contributed by atoms with van der Waals surface area (Å²) in [7, 11) is -4.83. The van der Waals surface area contributed by atoms with Gasteiger partial charge in [-0.25, -0.2) is 18.2 Å². The van der Waals surface area contributed by atoms with Gasteiger partial charge >= 0.3 is 0 Å². The van der Waals surface area contributed by atoms with E-state index in [9.17, 15) is 12.6 Å². The summed E-state index contributed by atoms with van der Waals surface area (Å²) < 4.78 is 37.1. The minimum Gasteiger partial charge on any atom is -0.254 e. The number of aromatic nitrogens is 2. The van der Waals surface area contributed by atoms with Crippen molar-refractivity contribution in [1.29, 1.82) is 0 Å². The zero-order chi connectivity index (χ0) is 17.8. The molecule has 6 nitrogen and oxygen atoms in total. The van der Waals surface area contributed by atoms with Crippen LogP contribution in [0.15, 0.2) is 58.3 Å². The SMILES string of the molecule is Cc1nn(-c2ccc(S(N)(=O)=O)cc2)c2c1CS(=O)c1ccccc1-2. The number of nitrogens with two attached hydrogens (primary N) is 1. The van der Waals surface area contributed by atoms with E-state index in [1.165, 1.54) is 12.1 Å². The molecule has 1 unspecified atom stereocenters. The average molecular weight is 373 g/mol. The minimum atomic E-state index is -3.74. The van der Waals surface area contributed by atoms with Gasteiger partial charge in [-0.05, 0) is 37.3 Å².